The fourth-order valence-corrected chi connectivity index (χ4v) is 2.32. The van der Waals surface area contributed by atoms with Crippen LogP contribution in [0.1, 0.15) is 24.3 Å². The molecule has 1 aliphatic carbocycles. The summed E-state index contributed by atoms with van der Waals surface area (Å²) in [5.41, 5.74) is 7.06. The molecule has 2 nitrogen and oxygen atoms in total. The SMILES string of the molecule is COc1ccc(Br)cc1C1CC(N)C1. The minimum atomic E-state index is 0.378. The molecule has 2 rings (SSSR count). The van der Waals surface area contributed by atoms with Crippen LogP contribution in [0.25, 0.3) is 0 Å². The van der Waals surface area contributed by atoms with Crippen molar-refractivity contribution in [2.75, 3.05) is 7.11 Å². The van der Waals surface area contributed by atoms with Crippen LogP contribution in [0.3, 0.4) is 0 Å². The highest BCUT2D eigenvalue weighted by molar-refractivity contribution is 9.10. The highest BCUT2D eigenvalue weighted by Crippen LogP contribution is 2.41. The molecule has 0 aromatic heterocycles. The summed E-state index contributed by atoms with van der Waals surface area (Å²) in [5.74, 6) is 1.56. The molecule has 0 aliphatic heterocycles. The van der Waals surface area contributed by atoms with Crippen LogP contribution in [0.4, 0.5) is 0 Å². The fourth-order valence-electron chi connectivity index (χ4n) is 1.94. The summed E-state index contributed by atoms with van der Waals surface area (Å²) in [5, 5.41) is 0. The Morgan fingerprint density at radius 1 is 1.43 bits per heavy atom. The average Bonchev–Trinajstić information content (AvgIpc) is 2.13. The van der Waals surface area contributed by atoms with Crippen LogP contribution < -0.4 is 10.5 Å². The first-order chi connectivity index (χ1) is 6.70. The van der Waals surface area contributed by atoms with Gasteiger partial charge in [0.1, 0.15) is 5.75 Å². The quantitative estimate of drug-likeness (QED) is 0.882. The van der Waals surface area contributed by atoms with Gasteiger partial charge in [0.2, 0.25) is 0 Å². The minimum absolute atomic E-state index is 0.378. The predicted octanol–water partition coefficient (Wildman–Crippen LogP) is 2.66. The molecule has 0 spiro atoms. The molecule has 0 radical (unpaired) electrons. The summed E-state index contributed by atoms with van der Waals surface area (Å²) in [6.45, 7) is 0. The smallest absolute Gasteiger partial charge is 0.122 e. The summed E-state index contributed by atoms with van der Waals surface area (Å²) in [7, 11) is 1.71. The van der Waals surface area contributed by atoms with Gasteiger partial charge < -0.3 is 10.5 Å². The van der Waals surface area contributed by atoms with Gasteiger partial charge in [0.25, 0.3) is 0 Å². The summed E-state index contributed by atoms with van der Waals surface area (Å²) >= 11 is 3.48. The second-order valence-electron chi connectivity index (χ2n) is 3.81. The van der Waals surface area contributed by atoms with Crippen molar-refractivity contribution in [1.29, 1.82) is 0 Å². The Bertz CT molecular complexity index is 334. The zero-order valence-corrected chi connectivity index (χ0v) is 9.75. The van der Waals surface area contributed by atoms with E-state index in [9.17, 15) is 0 Å². The molecule has 1 fully saturated rings. The van der Waals surface area contributed by atoms with Crippen molar-refractivity contribution in [3.8, 4) is 5.75 Å². The van der Waals surface area contributed by atoms with Crippen LogP contribution in [0.15, 0.2) is 22.7 Å². The van der Waals surface area contributed by atoms with E-state index in [1.807, 2.05) is 12.1 Å². The maximum absolute atomic E-state index is 5.78. The molecule has 0 amide bonds. The molecule has 1 aromatic carbocycles. The van der Waals surface area contributed by atoms with Crippen molar-refractivity contribution in [3.63, 3.8) is 0 Å². The van der Waals surface area contributed by atoms with Crippen LogP contribution in [0.5, 0.6) is 5.75 Å². The fraction of sp³-hybridized carbons (Fsp3) is 0.455. The van der Waals surface area contributed by atoms with E-state index in [2.05, 4.69) is 22.0 Å². The molecule has 76 valence electrons. The van der Waals surface area contributed by atoms with E-state index in [4.69, 9.17) is 10.5 Å². The van der Waals surface area contributed by atoms with E-state index in [0.717, 1.165) is 23.1 Å². The molecule has 14 heavy (non-hydrogen) atoms. The standard InChI is InChI=1S/C11H14BrNO/c1-14-11-3-2-8(12)6-10(11)7-4-9(13)5-7/h2-3,6-7,9H,4-5,13H2,1H3. The lowest BCUT2D eigenvalue weighted by Gasteiger charge is -2.33. The normalized spacial score (nSPS) is 25.6. The van der Waals surface area contributed by atoms with Gasteiger partial charge in [-0.3, -0.25) is 0 Å². The second kappa shape index (κ2) is 3.91. The lowest BCUT2D eigenvalue weighted by Crippen LogP contribution is -2.34. The average molecular weight is 256 g/mol. The predicted molar refractivity (Wildman–Crippen MR) is 60.6 cm³/mol. The largest absolute Gasteiger partial charge is 0.496 e. The van der Waals surface area contributed by atoms with Crippen molar-refractivity contribution in [2.45, 2.75) is 24.8 Å². The molecule has 0 atom stereocenters. The van der Waals surface area contributed by atoms with Crippen molar-refractivity contribution in [2.24, 2.45) is 5.73 Å². The first-order valence-corrected chi connectivity index (χ1v) is 5.59. The second-order valence-corrected chi connectivity index (χ2v) is 4.73. The third kappa shape index (κ3) is 1.79. The van der Waals surface area contributed by atoms with Crippen molar-refractivity contribution < 1.29 is 4.74 Å². The zero-order chi connectivity index (χ0) is 10.1. The molecule has 0 saturated heterocycles. The minimum Gasteiger partial charge on any atom is -0.496 e. The van der Waals surface area contributed by atoms with Crippen LogP contribution in [0, 0.1) is 0 Å². The van der Waals surface area contributed by atoms with Crippen molar-refractivity contribution in [3.05, 3.63) is 28.2 Å². The van der Waals surface area contributed by atoms with E-state index in [-0.39, 0.29) is 0 Å². The molecule has 1 aromatic rings. The number of benzene rings is 1. The Morgan fingerprint density at radius 2 is 2.14 bits per heavy atom. The summed E-state index contributed by atoms with van der Waals surface area (Å²) in [4.78, 5) is 0. The van der Waals surface area contributed by atoms with Crippen molar-refractivity contribution in [1.82, 2.24) is 0 Å². The van der Waals surface area contributed by atoms with Gasteiger partial charge in [0.15, 0.2) is 0 Å². The van der Waals surface area contributed by atoms with Gasteiger partial charge in [-0.1, -0.05) is 15.9 Å². The summed E-state index contributed by atoms with van der Waals surface area (Å²) < 4.78 is 6.44. The Morgan fingerprint density at radius 3 is 2.71 bits per heavy atom. The third-order valence-electron chi connectivity index (χ3n) is 2.81. The van der Waals surface area contributed by atoms with Crippen LogP contribution in [-0.2, 0) is 0 Å². The lowest BCUT2D eigenvalue weighted by molar-refractivity contribution is 0.333. The summed E-state index contributed by atoms with van der Waals surface area (Å²) in [6.07, 6.45) is 2.15. The summed E-state index contributed by atoms with van der Waals surface area (Å²) in [6, 6.07) is 6.52. The number of hydrogen-bond acceptors (Lipinski definition) is 2. The molecule has 0 unspecified atom stereocenters. The lowest BCUT2D eigenvalue weighted by atomic mass is 9.76. The Balaban J connectivity index is 2.26. The molecule has 3 heteroatoms. The number of halogens is 1. The van der Waals surface area contributed by atoms with Gasteiger partial charge in [-0.25, -0.2) is 0 Å². The Labute approximate surface area is 92.6 Å². The van der Waals surface area contributed by atoms with Gasteiger partial charge in [-0.2, -0.15) is 0 Å². The van der Waals surface area contributed by atoms with Gasteiger partial charge in [0.05, 0.1) is 7.11 Å². The molecule has 0 heterocycles. The topological polar surface area (TPSA) is 35.2 Å². The van der Waals surface area contributed by atoms with Gasteiger partial charge in [0, 0.05) is 10.5 Å². The van der Waals surface area contributed by atoms with E-state index >= 15 is 0 Å². The highest BCUT2D eigenvalue weighted by Gasteiger charge is 2.29. The van der Waals surface area contributed by atoms with E-state index in [1.54, 1.807) is 7.11 Å². The maximum atomic E-state index is 5.78. The first kappa shape index (κ1) is 9.99. The van der Waals surface area contributed by atoms with Crippen LogP contribution in [-0.4, -0.2) is 13.2 Å². The molecule has 1 saturated carbocycles. The van der Waals surface area contributed by atoms with Crippen LogP contribution >= 0.6 is 15.9 Å². The number of methoxy groups -OCH3 is 1. The Kier molecular flexibility index (Phi) is 2.79. The first-order valence-electron chi connectivity index (χ1n) is 4.79. The van der Waals surface area contributed by atoms with E-state index < -0.39 is 0 Å². The molecular formula is C11H14BrNO. The third-order valence-corrected chi connectivity index (χ3v) is 3.30. The molecule has 1 aliphatic rings. The molecule has 0 bridgehead atoms. The monoisotopic (exact) mass is 255 g/mol. The maximum Gasteiger partial charge on any atom is 0.122 e. The van der Waals surface area contributed by atoms with Gasteiger partial charge in [-0.15, -0.1) is 0 Å². The number of hydrogen-bond donors (Lipinski definition) is 1. The Hall–Kier alpha value is -0.540. The number of rotatable bonds is 2. The number of ether oxygens (including phenoxy) is 1. The molecular weight excluding hydrogens is 242 g/mol. The van der Waals surface area contributed by atoms with Gasteiger partial charge >= 0.3 is 0 Å². The van der Waals surface area contributed by atoms with Crippen LogP contribution in [0.2, 0.25) is 0 Å². The van der Waals surface area contributed by atoms with E-state index in [0.29, 0.717) is 12.0 Å². The zero-order valence-electron chi connectivity index (χ0n) is 8.16. The van der Waals surface area contributed by atoms with E-state index in [1.165, 1.54) is 5.56 Å². The molecule has 2 N–H and O–H groups in total. The number of nitrogens with two attached hydrogens (primary N) is 1. The van der Waals surface area contributed by atoms with Gasteiger partial charge in [-0.05, 0) is 42.5 Å². The highest BCUT2D eigenvalue weighted by atomic mass is 79.9. The van der Waals surface area contributed by atoms with Crippen molar-refractivity contribution >= 4 is 15.9 Å².